The maximum absolute atomic E-state index is 5.37. The van der Waals surface area contributed by atoms with Crippen molar-refractivity contribution in [3.63, 3.8) is 0 Å². The molecule has 1 aromatic heterocycles. The highest BCUT2D eigenvalue weighted by Gasteiger charge is 2.16. The number of nitrogens with zero attached hydrogens (tertiary/aromatic N) is 1. The molecule has 1 aromatic carbocycles. The Hall–Kier alpha value is -1.22. The standard InChI is InChI=1S/C14H17NOS/c1-10-11(13-15-8-9-16-13)6-5-7-12(10)17-14(2,3)4/h5-9H,1-4H3. The first-order chi connectivity index (χ1) is 7.97. The summed E-state index contributed by atoms with van der Waals surface area (Å²) < 4.78 is 5.57. The van der Waals surface area contributed by atoms with Crippen LogP contribution in [0.4, 0.5) is 0 Å². The summed E-state index contributed by atoms with van der Waals surface area (Å²) in [4.78, 5) is 5.49. The van der Waals surface area contributed by atoms with Crippen LogP contribution in [0.2, 0.25) is 0 Å². The van der Waals surface area contributed by atoms with Crippen molar-refractivity contribution in [3.05, 3.63) is 36.2 Å². The van der Waals surface area contributed by atoms with E-state index in [-0.39, 0.29) is 4.75 Å². The lowest BCUT2D eigenvalue weighted by atomic mass is 10.1. The lowest BCUT2D eigenvalue weighted by Crippen LogP contribution is -2.07. The van der Waals surface area contributed by atoms with E-state index in [2.05, 4.69) is 44.8 Å². The smallest absolute Gasteiger partial charge is 0.226 e. The molecule has 0 amide bonds. The van der Waals surface area contributed by atoms with E-state index in [0.29, 0.717) is 5.89 Å². The molecule has 2 rings (SSSR count). The topological polar surface area (TPSA) is 26.0 Å². The predicted molar refractivity (Wildman–Crippen MR) is 72.3 cm³/mol. The van der Waals surface area contributed by atoms with E-state index in [0.717, 1.165) is 5.56 Å². The Morgan fingerprint density at radius 1 is 1.24 bits per heavy atom. The Bertz CT molecular complexity index is 497. The van der Waals surface area contributed by atoms with Crippen LogP contribution in [0.1, 0.15) is 26.3 Å². The number of rotatable bonds is 2. The van der Waals surface area contributed by atoms with E-state index in [1.165, 1.54) is 10.5 Å². The average Bonchev–Trinajstić information content (AvgIpc) is 2.72. The third-order valence-electron chi connectivity index (χ3n) is 2.36. The van der Waals surface area contributed by atoms with Gasteiger partial charge in [0.1, 0.15) is 6.26 Å². The van der Waals surface area contributed by atoms with E-state index in [1.807, 2.05) is 17.8 Å². The molecule has 0 unspecified atom stereocenters. The highest BCUT2D eigenvalue weighted by molar-refractivity contribution is 8.00. The quantitative estimate of drug-likeness (QED) is 0.729. The lowest BCUT2D eigenvalue weighted by Gasteiger charge is -2.19. The molecule has 0 spiro atoms. The number of hydrogen-bond donors (Lipinski definition) is 0. The van der Waals surface area contributed by atoms with Gasteiger partial charge in [0, 0.05) is 15.2 Å². The fraction of sp³-hybridized carbons (Fsp3) is 0.357. The largest absolute Gasteiger partial charge is 0.445 e. The molecule has 0 aliphatic rings. The van der Waals surface area contributed by atoms with E-state index >= 15 is 0 Å². The molecule has 0 atom stereocenters. The number of thioether (sulfide) groups is 1. The summed E-state index contributed by atoms with van der Waals surface area (Å²) >= 11 is 1.87. The molecule has 2 aromatic rings. The Kier molecular flexibility index (Phi) is 3.29. The molecule has 0 aliphatic heterocycles. The van der Waals surface area contributed by atoms with Gasteiger partial charge in [-0.3, -0.25) is 0 Å². The van der Waals surface area contributed by atoms with Gasteiger partial charge >= 0.3 is 0 Å². The van der Waals surface area contributed by atoms with Gasteiger partial charge in [-0.05, 0) is 24.6 Å². The molecule has 0 radical (unpaired) electrons. The molecule has 0 bridgehead atoms. The minimum atomic E-state index is 0.208. The second-order valence-corrected chi connectivity index (χ2v) is 6.85. The minimum Gasteiger partial charge on any atom is -0.445 e. The van der Waals surface area contributed by atoms with Gasteiger partial charge in [0.2, 0.25) is 5.89 Å². The van der Waals surface area contributed by atoms with Crippen LogP contribution in [0.25, 0.3) is 11.5 Å². The van der Waals surface area contributed by atoms with Crippen LogP contribution in [0, 0.1) is 6.92 Å². The second-order valence-electron chi connectivity index (χ2n) is 4.98. The first kappa shape index (κ1) is 12.2. The summed E-state index contributed by atoms with van der Waals surface area (Å²) in [6.07, 6.45) is 3.29. The SMILES string of the molecule is Cc1c(SC(C)(C)C)cccc1-c1ncco1. The summed E-state index contributed by atoms with van der Waals surface area (Å²) in [5.74, 6) is 0.693. The third kappa shape index (κ3) is 2.91. The molecule has 17 heavy (non-hydrogen) atoms. The predicted octanol–water partition coefficient (Wildman–Crippen LogP) is 4.54. The molecular formula is C14H17NOS. The van der Waals surface area contributed by atoms with Crippen molar-refractivity contribution in [1.29, 1.82) is 0 Å². The van der Waals surface area contributed by atoms with Gasteiger partial charge in [-0.15, -0.1) is 11.8 Å². The maximum atomic E-state index is 5.37. The second kappa shape index (κ2) is 4.57. The highest BCUT2D eigenvalue weighted by atomic mass is 32.2. The van der Waals surface area contributed by atoms with E-state index < -0.39 is 0 Å². The van der Waals surface area contributed by atoms with Gasteiger partial charge in [-0.2, -0.15) is 0 Å². The fourth-order valence-electron chi connectivity index (χ4n) is 1.64. The van der Waals surface area contributed by atoms with Crippen molar-refractivity contribution in [2.24, 2.45) is 0 Å². The normalized spacial score (nSPS) is 11.8. The van der Waals surface area contributed by atoms with Gasteiger partial charge in [0.05, 0.1) is 6.20 Å². The molecule has 3 heteroatoms. The molecule has 1 heterocycles. The molecule has 0 N–H and O–H groups in total. The highest BCUT2D eigenvalue weighted by Crippen LogP contribution is 2.37. The van der Waals surface area contributed by atoms with Crippen molar-refractivity contribution in [2.75, 3.05) is 0 Å². The van der Waals surface area contributed by atoms with Crippen molar-refractivity contribution in [3.8, 4) is 11.5 Å². The van der Waals surface area contributed by atoms with Crippen LogP contribution in [-0.2, 0) is 0 Å². The zero-order valence-electron chi connectivity index (χ0n) is 10.7. The number of benzene rings is 1. The fourth-order valence-corrected chi connectivity index (χ4v) is 2.71. The van der Waals surface area contributed by atoms with Gasteiger partial charge < -0.3 is 4.42 Å². The first-order valence-corrected chi connectivity index (χ1v) is 6.47. The molecule has 0 saturated carbocycles. The van der Waals surface area contributed by atoms with Gasteiger partial charge in [-0.1, -0.05) is 26.8 Å². The van der Waals surface area contributed by atoms with Crippen molar-refractivity contribution in [1.82, 2.24) is 4.98 Å². The van der Waals surface area contributed by atoms with E-state index in [4.69, 9.17) is 4.42 Å². The summed E-state index contributed by atoms with van der Waals surface area (Å²) in [5, 5.41) is 0. The molecule has 0 saturated heterocycles. The van der Waals surface area contributed by atoms with Gasteiger partial charge in [0.15, 0.2) is 0 Å². The molecular weight excluding hydrogens is 230 g/mol. The maximum Gasteiger partial charge on any atom is 0.226 e. The molecule has 2 nitrogen and oxygen atoms in total. The van der Waals surface area contributed by atoms with Crippen LogP contribution in [0.15, 0.2) is 40.0 Å². The molecule has 0 fully saturated rings. The van der Waals surface area contributed by atoms with Crippen LogP contribution in [0.5, 0.6) is 0 Å². The van der Waals surface area contributed by atoms with E-state index in [9.17, 15) is 0 Å². The number of oxazole rings is 1. The van der Waals surface area contributed by atoms with Crippen LogP contribution < -0.4 is 0 Å². The lowest BCUT2D eigenvalue weighted by molar-refractivity contribution is 0.574. The van der Waals surface area contributed by atoms with Gasteiger partial charge in [-0.25, -0.2) is 4.98 Å². The monoisotopic (exact) mass is 247 g/mol. The summed E-state index contributed by atoms with van der Waals surface area (Å²) in [7, 11) is 0. The minimum absolute atomic E-state index is 0.208. The van der Waals surface area contributed by atoms with Crippen molar-refractivity contribution in [2.45, 2.75) is 37.3 Å². The average molecular weight is 247 g/mol. The third-order valence-corrected chi connectivity index (χ3v) is 3.64. The number of hydrogen-bond acceptors (Lipinski definition) is 3. The zero-order valence-corrected chi connectivity index (χ0v) is 11.5. The van der Waals surface area contributed by atoms with Crippen molar-refractivity contribution >= 4 is 11.8 Å². The Balaban J connectivity index is 2.41. The number of aromatic nitrogens is 1. The summed E-state index contributed by atoms with van der Waals surface area (Å²) in [5.41, 5.74) is 2.30. The molecule has 0 aliphatic carbocycles. The summed E-state index contributed by atoms with van der Waals surface area (Å²) in [6, 6.07) is 6.26. The van der Waals surface area contributed by atoms with Crippen LogP contribution in [-0.4, -0.2) is 9.73 Å². The Morgan fingerprint density at radius 3 is 2.59 bits per heavy atom. The Labute approximate surface area is 106 Å². The Morgan fingerprint density at radius 2 is 2.00 bits per heavy atom. The molecule has 90 valence electrons. The van der Waals surface area contributed by atoms with E-state index in [1.54, 1.807) is 12.5 Å². The van der Waals surface area contributed by atoms with Crippen LogP contribution in [0.3, 0.4) is 0 Å². The first-order valence-electron chi connectivity index (χ1n) is 5.66. The summed E-state index contributed by atoms with van der Waals surface area (Å²) in [6.45, 7) is 8.77. The van der Waals surface area contributed by atoms with Crippen molar-refractivity contribution < 1.29 is 4.42 Å². The zero-order chi connectivity index (χ0) is 12.5. The van der Waals surface area contributed by atoms with Gasteiger partial charge in [0.25, 0.3) is 0 Å². The van der Waals surface area contributed by atoms with Crippen LogP contribution >= 0.6 is 11.8 Å².